The first kappa shape index (κ1) is 15.7. The predicted octanol–water partition coefficient (Wildman–Crippen LogP) is 5.15. The van der Waals surface area contributed by atoms with E-state index in [0.29, 0.717) is 15.3 Å². The molecule has 1 unspecified atom stereocenters. The van der Waals surface area contributed by atoms with Gasteiger partial charge >= 0.3 is 6.18 Å². The molecule has 0 bridgehead atoms. The summed E-state index contributed by atoms with van der Waals surface area (Å²) in [6, 6.07) is 3.81. The fourth-order valence-electron chi connectivity index (χ4n) is 1.84. The summed E-state index contributed by atoms with van der Waals surface area (Å²) in [6.45, 7) is 2.06. The first-order chi connectivity index (χ1) is 9.40. The van der Waals surface area contributed by atoms with E-state index in [1.54, 1.807) is 0 Å². The van der Waals surface area contributed by atoms with Crippen molar-refractivity contribution >= 4 is 38.5 Å². The van der Waals surface area contributed by atoms with E-state index in [0.717, 1.165) is 30.7 Å². The van der Waals surface area contributed by atoms with Gasteiger partial charge in [-0.15, -0.1) is 0 Å². The summed E-state index contributed by atoms with van der Waals surface area (Å²) < 4.78 is 38.7. The molecule has 2 nitrogen and oxygen atoms in total. The SMILES string of the molecule is CCC1CCSC(Nc2cc(C(F)(F)F)ccc2Br)=N1. The van der Waals surface area contributed by atoms with Crippen molar-refractivity contribution < 1.29 is 13.2 Å². The van der Waals surface area contributed by atoms with Gasteiger partial charge in [0.2, 0.25) is 0 Å². The number of anilines is 1. The molecule has 1 atom stereocenters. The van der Waals surface area contributed by atoms with E-state index in [2.05, 4.69) is 33.2 Å². The highest BCUT2D eigenvalue weighted by atomic mass is 79.9. The molecule has 7 heteroatoms. The summed E-state index contributed by atoms with van der Waals surface area (Å²) in [6.07, 6.45) is -2.39. The maximum absolute atomic E-state index is 12.7. The largest absolute Gasteiger partial charge is 0.416 e. The van der Waals surface area contributed by atoms with Crippen LogP contribution in [-0.4, -0.2) is 17.0 Å². The Labute approximate surface area is 128 Å². The number of hydrogen-bond donors (Lipinski definition) is 1. The lowest BCUT2D eigenvalue weighted by Crippen LogP contribution is -2.20. The standard InChI is InChI=1S/C13H14BrF3N2S/c1-2-9-5-6-20-12(18-9)19-11-7-8(13(15,16)17)3-4-10(11)14/h3-4,7,9H,2,5-6H2,1H3,(H,18,19). The monoisotopic (exact) mass is 366 g/mol. The maximum Gasteiger partial charge on any atom is 0.416 e. The zero-order valence-electron chi connectivity index (χ0n) is 10.8. The first-order valence-electron chi connectivity index (χ1n) is 6.24. The van der Waals surface area contributed by atoms with Gasteiger partial charge in [0.1, 0.15) is 0 Å². The zero-order valence-corrected chi connectivity index (χ0v) is 13.2. The van der Waals surface area contributed by atoms with Crippen molar-refractivity contribution in [2.24, 2.45) is 4.99 Å². The Morgan fingerprint density at radius 2 is 2.20 bits per heavy atom. The third kappa shape index (κ3) is 3.91. The van der Waals surface area contributed by atoms with E-state index in [9.17, 15) is 13.2 Å². The summed E-state index contributed by atoms with van der Waals surface area (Å²) in [4.78, 5) is 4.49. The normalized spacial score (nSPS) is 19.6. The van der Waals surface area contributed by atoms with E-state index < -0.39 is 11.7 Å². The van der Waals surface area contributed by atoms with Gasteiger partial charge in [-0.05, 0) is 47.0 Å². The van der Waals surface area contributed by atoms with Crippen molar-refractivity contribution in [1.29, 1.82) is 0 Å². The maximum atomic E-state index is 12.7. The molecule has 110 valence electrons. The van der Waals surface area contributed by atoms with Crippen LogP contribution in [0.4, 0.5) is 18.9 Å². The number of thioether (sulfide) groups is 1. The number of hydrogen-bond acceptors (Lipinski definition) is 3. The van der Waals surface area contributed by atoms with Crippen LogP contribution >= 0.6 is 27.7 Å². The van der Waals surface area contributed by atoms with Gasteiger partial charge in [-0.3, -0.25) is 4.99 Å². The molecule has 1 heterocycles. The minimum Gasteiger partial charge on any atom is -0.334 e. The minimum absolute atomic E-state index is 0.253. The number of amidine groups is 1. The zero-order chi connectivity index (χ0) is 14.8. The number of benzene rings is 1. The molecule has 1 aliphatic heterocycles. The Balaban J connectivity index is 2.22. The molecule has 2 rings (SSSR count). The number of nitrogens with zero attached hydrogens (tertiary/aromatic N) is 1. The number of rotatable bonds is 2. The average Bonchev–Trinajstić information content (AvgIpc) is 2.40. The van der Waals surface area contributed by atoms with Gasteiger partial charge < -0.3 is 5.32 Å². The van der Waals surface area contributed by atoms with Crippen LogP contribution in [-0.2, 0) is 6.18 Å². The van der Waals surface area contributed by atoms with Crippen molar-refractivity contribution in [3.8, 4) is 0 Å². The molecule has 0 amide bonds. The number of alkyl halides is 3. The van der Waals surface area contributed by atoms with Crippen LogP contribution < -0.4 is 5.32 Å². The molecule has 0 saturated carbocycles. The first-order valence-corrected chi connectivity index (χ1v) is 8.02. The molecule has 0 aromatic heterocycles. The summed E-state index contributed by atoms with van der Waals surface area (Å²) in [5.41, 5.74) is -0.278. The van der Waals surface area contributed by atoms with Crippen LogP contribution in [0.3, 0.4) is 0 Å². The second-order valence-corrected chi connectivity index (χ2v) is 6.39. The van der Waals surface area contributed by atoms with Crippen LogP contribution in [0.25, 0.3) is 0 Å². The highest BCUT2D eigenvalue weighted by molar-refractivity contribution is 9.10. The summed E-state index contributed by atoms with van der Waals surface area (Å²) >= 11 is 4.80. The molecule has 0 spiro atoms. The summed E-state index contributed by atoms with van der Waals surface area (Å²) in [5.74, 6) is 0.931. The molecule has 1 aromatic rings. The Morgan fingerprint density at radius 3 is 2.85 bits per heavy atom. The van der Waals surface area contributed by atoms with Gasteiger partial charge in [0.05, 0.1) is 17.3 Å². The van der Waals surface area contributed by atoms with Gasteiger partial charge in [-0.2, -0.15) is 13.2 Å². The molecule has 1 aliphatic rings. The van der Waals surface area contributed by atoms with Crippen LogP contribution in [0, 0.1) is 0 Å². The highest BCUT2D eigenvalue weighted by Gasteiger charge is 2.31. The highest BCUT2D eigenvalue weighted by Crippen LogP contribution is 2.34. The van der Waals surface area contributed by atoms with Gasteiger partial charge in [0, 0.05) is 10.2 Å². The fraction of sp³-hybridized carbons (Fsp3) is 0.462. The third-order valence-corrected chi connectivity index (χ3v) is 4.61. The second-order valence-electron chi connectivity index (χ2n) is 4.45. The Bertz CT molecular complexity index is 517. The molecule has 0 saturated heterocycles. The second kappa shape index (κ2) is 6.39. The van der Waals surface area contributed by atoms with E-state index >= 15 is 0 Å². The number of nitrogens with one attached hydrogen (secondary N) is 1. The molecular weight excluding hydrogens is 353 g/mol. The van der Waals surface area contributed by atoms with Crippen molar-refractivity contribution in [2.75, 3.05) is 11.1 Å². The Hall–Kier alpha value is -0.690. The molecule has 20 heavy (non-hydrogen) atoms. The molecule has 1 aromatic carbocycles. The quantitative estimate of drug-likeness (QED) is 0.782. The average molecular weight is 367 g/mol. The Kier molecular flexibility index (Phi) is 5.01. The lowest BCUT2D eigenvalue weighted by molar-refractivity contribution is -0.137. The molecule has 1 N–H and O–H groups in total. The number of halogens is 4. The smallest absolute Gasteiger partial charge is 0.334 e. The predicted molar refractivity (Wildman–Crippen MR) is 81.4 cm³/mol. The molecular formula is C13H14BrF3N2S. The van der Waals surface area contributed by atoms with Gasteiger partial charge in [0.25, 0.3) is 0 Å². The van der Waals surface area contributed by atoms with E-state index in [4.69, 9.17) is 0 Å². The molecule has 0 fully saturated rings. The molecule has 0 radical (unpaired) electrons. The Morgan fingerprint density at radius 1 is 1.45 bits per heavy atom. The van der Waals surface area contributed by atoms with Crippen LogP contribution in [0.5, 0.6) is 0 Å². The van der Waals surface area contributed by atoms with Crippen LogP contribution in [0.15, 0.2) is 27.7 Å². The van der Waals surface area contributed by atoms with Crippen molar-refractivity contribution in [3.05, 3.63) is 28.2 Å². The fourth-order valence-corrected chi connectivity index (χ4v) is 3.17. The van der Waals surface area contributed by atoms with Crippen LogP contribution in [0.1, 0.15) is 25.3 Å². The van der Waals surface area contributed by atoms with Crippen molar-refractivity contribution in [3.63, 3.8) is 0 Å². The van der Waals surface area contributed by atoms with Gasteiger partial charge in [-0.1, -0.05) is 18.7 Å². The van der Waals surface area contributed by atoms with Crippen molar-refractivity contribution in [1.82, 2.24) is 0 Å². The lowest BCUT2D eigenvalue weighted by Gasteiger charge is -2.20. The van der Waals surface area contributed by atoms with Gasteiger partial charge in [-0.25, -0.2) is 0 Å². The number of aliphatic imine (C=N–C) groups is 1. The third-order valence-electron chi connectivity index (χ3n) is 3.00. The summed E-state index contributed by atoms with van der Waals surface area (Å²) in [5, 5.41) is 3.68. The summed E-state index contributed by atoms with van der Waals surface area (Å²) in [7, 11) is 0. The van der Waals surface area contributed by atoms with Gasteiger partial charge in [0.15, 0.2) is 5.17 Å². The topological polar surface area (TPSA) is 24.4 Å². The van der Waals surface area contributed by atoms with E-state index in [-0.39, 0.29) is 6.04 Å². The minimum atomic E-state index is -4.34. The molecule has 0 aliphatic carbocycles. The van der Waals surface area contributed by atoms with E-state index in [1.165, 1.54) is 17.8 Å². The van der Waals surface area contributed by atoms with Crippen LogP contribution in [0.2, 0.25) is 0 Å². The van der Waals surface area contributed by atoms with Crippen molar-refractivity contribution in [2.45, 2.75) is 32.0 Å². The van der Waals surface area contributed by atoms with E-state index in [1.807, 2.05) is 0 Å². The lowest BCUT2D eigenvalue weighted by atomic mass is 10.2.